The summed E-state index contributed by atoms with van der Waals surface area (Å²) in [6.45, 7) is 8.68. The Labute approximate surface area is 103 Å². The van der Waals surface area contributed by atoms with E-state index in [1.54, 1.807) is 26.8 Å². The third-order valence-corrected chi connectivity index (χ3v) is 2.02. The van der Waals surface area contributed by atoms with Gasteiger partial charge in [-0.15, -0.1) is 6.58 Å². The molecule has 0 aliphatic carbocycles. The zero-order valence-corrected chi connectivity index (χ0v) is 10.7. The van der Waals surface area contributed by atoms with E-state index < -0.39 is 17.7 Å². The Morgan fingerprint density at radius 2 is 2.06 bits per heavy atom. The molecular formula is C13H22O4. The monoisotopic (exact) mass is 242 g/mol. The summed E-state index contributed by atoms with van der Waals surface area (Å²) in [6.07, 6.45) is 3.73. The molecule has 0 amide bonds. The molecule has 0 bridgehead atoms. The minimum Gasteiger partial charge on any atom is -0.457 e. The van der Waals surface area contributed by atoms with Crippen molar-refractivity contribution >= 4 is 5.97 Å². The van der Waals surface area contributed by atoms with Gasteiger partial charge in [0.05, 0.1) is 6.10 Å². The molecule has 2 N–H and O–H groups in total. The van der Waals surface area contributed by atoms with Gasteiger partial charge in [-0.1, -0.05) is 6.08 Å². The van der Waals surface area contributed by atoms with Gasteiger partial charge in [0.1, 0.15) is 5.60 Å². The highest BCUT2D eigenvalue weighted by atomic mass is 16.6. The maximum atomic E-state index is 11.3. The van der Waals surface area contributed by atoms with E-state index in [9.17, 15) is 9.90 Å². The van der Waals surface area contributed by atoms with Crippen molar-refractivity contribution in [2.75, 3.05) is 6.61 Å². The summed E-state index contributed by atoms with van der Waals surface area (Å²) >= 11 is 0. The van der Waals surface area contributed by atoms with Crippen LogP contribution >= 0.6 is 0 Å². The smallest absolute Gasteiger partial charge is 0.331 e. The van der Waals surface area contributed by atoms with Crippen molar-refractivity contribution in [1.29, 1.82) is 0 Å². The first kappa shape index (κ1) is 15.9. The van der Waals surface area contributed by atoms with E-state index in [0.717, 1.165) is 0 Å². The molecule has 0 saturated carbocycles. The van der Waals surface area contributed by atoms with Gasteiger partial charge in [-0.3, -0.25) is 0 Å². The number of aliphatic hydroxyl groups is 2. The van der Waals surface area contributed by atoms with Crippen molar-refractivity contribution in [3.8, 4) is 0 Å². The fraction of sp³-hybridized carbons (Fsp3) is 0.615. The van der Waals surface area contributed by atoms with Gasteiger partial charge in [0.2, 0.25) is 0 Å². The maximum Gasteiger partial charge on any atom is 0.331 e. The van der Waals surface area contributed by atoms with Crippen LogP contribution in [0.2, 0.25) is 0 Å². The van der Waals surface area contributed by atoms with Crippen LogP contribution in [0.3, 0.4) is 0 Å². The van der Waals surface area contributed by atoms with Crippen molar-refractivity contribution in [2.24, 2.45) is 5.92 Å². The van der Waals surface area contributed by atoms with Crippen LogP contribution in [0.5, 0.6) is 0 Å². The molecule has 0 saturated heterocycles. The number of aliphatic hydroxyl groups excluding tert-OH is 2. The summed E-state index contributed by atoms with van der Waals surface area (Å²) < 4.78 is 5.04. The first-order chi connectivity index (χ1) is 7.80. The van der Waals surface area contributed by atoms with Gasteiger partial charge in [0, 0.05) is 18.6 Å². The average molecular weight is 242 g/mol. The largest absolute Gasteiger partial charge is 0.457 e. The van der Waals surface area contributed by atoms with Crippen LogP contribution in [0, 0.1) is 5.92 Å². The number of rotatable bonds is 6. The van der Waals surface area contributed by atoms with Crippen LogP contribution in [0.15, 0.2) is 24.8 Å². The minimum atomic E-state index is -0.884. The van der Waals surface area contributed by atoms with Gasteiger partial charge >= 0.3 is 5.97 Å². The Balaban J connectivity index is 4.30. The zero-order valence-electron chi connectivity index (χ0n) is 10.7. The first-order valence-corrected chi connectivity index (χ1v) is 5.61. The Kier molecular flexibility index (Phi) is 6.76. The molecule has 0 fully saturated rings. The summed E-state index contributed by atoms with van der Waals surface area (Å²) in [5.74, 6) is -0.849. The summed E-state index contributed by atoms with van der Waals surface area (Å²) in [5.41, 5.74) is -0.552. The molecule has 0 rings (SSSR count). The SMILES string of the molecule is C=CC[C@H](CO)[C@H](O)/C=C/C(=O)OC(C)(C)C. The van der Waals surface area contributed by atoms with Crippen molar-refractivity contribution in [3.63, 3.8) is 0 Å². The standard InChI is InChI=1S/C13H22O4/c1-5-6-10(9-14)11(15)7-8-12(16)17-13(2,3)4/h5,7-8,10-11,14-15H,1,6,9H2,2-4H3/b8-7+/t10-,11-/m1/s1. The molecule has 0 heterocycles. The van der Waals surface area contributed by atoms with E-state index in [0.29, 0.717) is 6.42 Å². The summed E-state index contributed by atoms with van der Waals surface area (Å²) in [5, 5.41) is 18.7. The lowest BCUT2D eigenvalue weighted by Crippen LogP contribution is -2.24. The Morgan fingerprint density at radius 1 is 1.47 bits per heavy atom. The lowest BCUT2D eigenvalue weighted by atomic mass is 9.99. The highest BCUT2D eigenvalue weighted by Crippen LogP contribution is 2.11. The van der Waals surface area contributed by atoms with Gasteiger partial charge in [-0.2, -0.15) is 0 Å². The fourth-order valence-electron chi connectivity index (χ4n) is 1.21. The Morgan fingerprint density at radius 3 is 2.47 bits per heavy atom. The van der Waals surface area contributed by atoms with E-state index in [4.69, 9.17) is 9.84 Å². The second kappa shape index (κ2) is 7.25. The predicted molar refractivity (Wildman–Crippen MR) is 66.4 cm³/mol. The molecule has 0 aromatic rings. The zero-order chi connectivity index (χ0) is 13.5. The quantitative estimate of drug-likeness (QED) is 0.420. The number of hydrogen-bond acceptors (Lipinski definition) is 4. The van der Waals surface area contributed by atoms with Crippen LogP contribution < -0.4 is 0 Å². The van der Waals surface area contributed by atoms with Crippen LogP contribution in [0.25, 0.3) is 0 Å². The molecule has 0 aromatic heterocycles. The molecule has 98 valence electrons. The number of allylic oxidation sites excluding steroid dienone is 1. The van der Waals surface area contributed by atoms with Crippen molar-refractivity contribution in [3.05, 3.63) is 24.8 Å². The van der Waals surface area contributed by atoms with E-state index in [1.165, 1.54) is 12.2 Å². The molecular weight excluding hydrogens is 220 g/mol. The van der Waals surface area contributed by atoms with Gasteiger partial charge in [0.25, 0.3) is 0 Å². The Hall–Kier alpha value is -1.13. The van der Waals surface area contributed by atoms with Crippen LogP contribution in [0.4, 0.5) is 0 Å². The van der Waals surface area contributed by atoms with Gasteiger partial charge < -0.3 is 14.9 Å². The minimum absolute atomic E-state index is 0.161. The molecule has 4 heteroatoms. The van der Waals surface area contributed by atoms with E-state index in [1.807, 2.05) is 0 Å². The summed E-state index contributed by atoms with van der Waals surface area (Å²) in [4.78, 5) is 11.3. The first-order valence-electron chi connectivity index (χ1n) is 5.61. The average Bonchev–Trinajstić information content (AvgIpc) is 2.20. The van der Waals surface area contributed by atoms with Crippen molar-refractivity contribution in [1.82, 2.24) is 0 Å². The second-order valence-electron chi connectivity index (χ2n) is 4.85. The normalized spacial score (nSPS) is 15.6. The number of carbonyl (C=O) groups excluding carboxylic acids is 1. The number of hydrogen-bond donors (Lipinski definition) is 2. The molecule has 0 radical (unpaired) electrons. The van der Waals surface area contributed by atoms with Crippen molar-refractivity contribution < 1.29 is 19.7 Å². The molecule has 0 unspecified atom stereocenters. The second-order valence-corrected chi connectivity index (χ2v) is 4.85. The molecule has 0 aliphatic rings. The number of carbonyl (C=O) groups is 1. The molecule has 0 spiro atoms. The summed E-state index contributed by atoms with van der Waals surface area (Å²) in [6, 6.07) is 0. The van der Waals surface area contributed by atoms with Crippen molar-refractivity contribution in [2.45, 2.75) is 38.9 Å². The lowest BCUT2D eigenvalue weighted by Gasteiger charge is -2.19. The molecule has 0 aliphatic heterocycles. The summed E-state index contributed by atoms with van der Waals surface area (Å²) in [7, 11) is 0. The Bertz CT molecular complexity index is 276. The van der Waals surface area contributed by atoms with Crippen LogP contribution in [0.1, 0.15) is 27.2 Å². The van der Waals surface area contributed by atoms with Gasteiger partial charge in [-0.05, 0) is 33.3 Å². The van der Waals surface area contributed by atoms with E-state index in [-0.39, 0.29) is 12.5 Å². The predicted octanol–water partition coefficient (Wildman–Crippen LogP) is 1.43. The highest BCUT2D eigenvalue weighted by molar-refractivity contribution is 5.82. The van der Waals surface area contributed by atoms with E-state index >= 15 is 0 Å². The van der Waals surface area contributed by atoms with Gasteiger partial charge in [-0.25, -0.2) is 4.79 Å². The topological polar surface area (TPSA) is 66.8 Å². The fourth-order valence-corrected chi connectivity index (χ4v) is 1.21. The third-order valence-electron chi connectivity index (χ3n) is 2.02. The van der Waals surface area contributed by atoms with Crippen LogP contribution in [-0.2, 0) is 9.53 Å². The molecule has 0 aromatic carbocycles. The van der Waals surface area contributed by atoms with Crippen LogP contribution in [-0.4, -0.2) is 34.5 Å². The molecule has 4 nitrogen and oxygen atoms in total. The number of esters is 1. The lowest BCUT2D eigenvalue weighted by molar-refractivity contribution is -0.148. The number of ether oxygens (including phenoxy) is 1. The van der Waals surface area contributed by atoms with E-state index in [2.05, 4.69) is 6.58 Å². The third kappa shape index (κ3) is 7.71. The van der Waals surface area contributed by atoms with Gasteiger partial charge in [0.15, 0.2) is 0 Å². The molecule has 17 heavy (non-hydrogen) atoms. The highest BCUT2D eigenvalue weighted by Gasteiger charge is 2.17. The molecule has 2 atom stereocenters. The maximum absolute atomic E-state index is 11.3.